The van der Waals surface area contributed by atoms with E-state index in [2.05, 4.69) is 5.32 Å². The van der Waals surface area contributed by atoms with Gasteiger partial charge in [0.15, 0.2) is 35.4 Å². The fourth-order valence-electron chi connectivity index (χ4n) is 2.62. The van der Waals surface area contributed by atoms with Crippen molar-refractivity contribution in [1.29, 1.82) is 0 Å². The third-order valence-electron chi connectivity index (χ3n) is 4.04. The third-order valence-corrected chi connectivity index (χ3v) is 4.35. The van der Waals surface area contributed by atoms with Gasteiger partial charge in [0.25, 0.3) is 5.91 Å². The van der Waals surface area contributed by atoms with E-state index in [0.717, 1.165) is 6.42 Å². The quantitative estimate of drug-likeness (QED) is 0.737. The summed E-state index contributed by atoms with van der Waals surface area (Å²) in [5, 5.41) is 3.03. The molecule has 0 aromatic heterocycles. The number of anilines is 1. The molecule has 3 rings (SSSR count). The van der Waals surface area contributed by atoms with Crippen LogP contribution in [0.25, 0.3) is 0 Å². The van der Waals surface area contributed by atoms with Crippen molar-refractivity contribution < 1.29 is 28.5 Å². The molecule has 148 valence electrons. The Morgan fingerprint density at radius 3 is 2.50 bits per heavy atom. The van der Waals surface area contributed by atoms with Crippen LogP contribution in [-0.4, -0.2) is 38.6 Å². The number of rotatable bonds is 6. The lowest BCUT2D eigenvalue weighted by atomic mass is 10.1. The van der Waals surface area contributed by atoms with Crippen molar-refractivity contribution in [3.05, 3.63) is 40.9 Å². The largest absolute Gasteiger partial charge is 0.493 e. The van der Waals surface area contributed by atoms with Gasteiger partial charge in [-0.05, 0) is 25.1 Å². The van der Waals surface area contributed by atoms with Crippen LogP contribution >= 0.6 is 11.6 Å². The molecule has 1 heterocycles. The summed E-state index contributed by atoms with van der Waals surface area (Å²) < 4.78 is 21.9. The molecule has 2 aromatic rings. The summed E-state index contributed by atoms with van der Waals surface area (Å²) in [4.78, 5) is 23.7. The summed E-state index contributed by atoms with van der Waals surface area (Å²) in [6.45, 7) is 2.27. The number of carbonyl (C=O) groups excluding carboxylic acids is 2. The number of methoxy groups -OCH3 is 1. The molecule has 1 N–H and O–H groups in total. The van der Waals surface area contributed by atoms with E-state index in [4.69, 9.17) is 30.5 Å². The van der Waals surface area contributed by atoms with Crippen molar-refractivity contribution >= 4 is 29.0 Å². The molecule has 1 aliphatic heterocycles. The van der Waals surface area contributed by atoms with Gasteiger partial charge < -0.3 is 24.3 Å². The maximum atomic E-state index is 12.3. The topological polar surface area (TPSA) is 83.1 Å². The van der Waals surface area contributed by atoms with E-state index in [1.165, 1.54) is 14.0 Å². The molecular weight excluding hydrogens is 386 g/mol. The van der Waals surface area contributed by atoms with E-state index in [-0.39, 0.29) is 12.4 Å². The molecule has 0 aliphatic carbocycles. The zero-order chi connectivity index (χ0) is 20.1. The fourth-order valence-corrected chi connectivity index (χ4v) is 2.82. The Morgan fingerprint density at radius 1 is 1.11 bits per heavy atom. The van der Waals surface area contributed by atoms with Crippen LogP contribution in [0.5, 0.6) is 23.0 Å². The van der Waals surface area contributed by atoms with Crippen LogP contribution in [0.4, 0.5) is 5.69 Å². The molecule has 2 aromatic carbocycles. The molecule has 8 heteroatoms. The SMILES string of the molecule is COc1cc(C(C)=O)ccc1OCC(=O)Nc1cc2c(cc1Cl)OCCCO2. The van der Waals surface area contributed by atoms with Crippen LogP contribution in [-0.2, 0) is 4.79 Å². The number of hydrogen-bond donors (Lipinski definition) is 1. The predicted molar refractivity (Wildman–Crippen MR) is 104 cm³/mol. The molecule has 0 atom stereocenters. The van der Waals surface area contributed by atoms with Crippen molar-refractivity contribution in [3.8, 4) is 23.0 Å². The molecule has 28 heavy (non-hydrogen) atoms. The summed E-state index contributed by atoms with van der Waals surface area (Å²) in [5.74, 6) is 1.30. The second-order valence-electron chi connectivity index (χ2n) is 6.09. The molecule has 0 radical (unpaired) electrons. The number of ketones is 1. The second kappa shape index (κ2) is 8.84. The van der Waals surface area contributed by atoms with Gasteiger partial charge in [0.2, 0.25) is 0 Å². The average molecular weight is 406 g/mol. The van der Waals surface area contributed by atoms with E-state index in [0.29, 0.717) is 52.5 Å². The van der Waals surface area contributed by atoms with Gasteiger partial charge in [-0.25, -0.2) is 0 Å². The van der Waals surface area contributed by atoms with Crippen LogP contribution in [0, 0.1) is 0 Å². The first-order valence-corrected chi connectivity index (χ1v) is 9.06. The lowest BCUT2D eigenvalue weighted by molar-refractivity contribution is -0.118. The molecule has 0 unspecified atom stereocenters. The first-order chi connectivity index (χ1) is 13.5. The van der Waals surface area contributed by atoms with Gasteiger partial charge in [-0.2, -0.15) is 0 Å². The molecule has 1 amide bonds. The Hall–Kier alpha value is -2.93. The lowest BCUT2D eigenvalue weighted by Gasteiger charge is -2.14. The van der Waals surface area contributed by atoms with Gasteiger partial charge in [0.05, 0.1) is 31.0 Å². The average Bonchev–Trinajstić information content (AvgIpc) is 2.91. The number of Topliss-reactive ketones (excluding diaryl/α,β-unsaturated/α-hetero) is 1. The molecule has 0 fully saturated rings. The summed E-state index contributed by atoms with van der Waals surface area (Å²) in [6.07, 6.45) is 0.770. The second-order valence-corrected chi connectivity index (χ2v) is 6.50. The summed E-state index contributed by atoms with van der Waals surface area (Å²) >= 11 is 6.23. The number of benzene rings is 2. The van der Waals surface area contributed by atoms with Crippen LogP contribution in [0.15, 0.2) is 30.3 Å². The zero-order valence-corrected chi connectivity index (χ0v) is 16.3. The first-order valence-electron chi connectivity index (χ1n) is 8.68. The van der Waals surface area contributed by atoms with Gasteiger partial charge >= 0.3 is 0 Å². The number of hydrogen-bond acceptors (Lipinski definition) is 6. The van der Waals surface area contributed by atoms with Crippen molar-refractivity contribution in [1.82, 2.24) is 0 Å². The highest BCUT2D eigenvalue weighted by Crippen LogP contribution is 2.37. The minimum absolute atomic E-state index is 0.0911. The number of nitrogens with one attached hydrogen (secondary N) is 1. The molecule has 7 nitrogen and oxygen atoms in total. The number of halogens is 1. The fraction of sp³-hybridized carbons (Fsp3) is 0.300. The van der Waals surface area contributed by atoms with Gasteiger partial charge in [0, 0.05) is 24.1 Å². The number of carbonyl (C=O) groups is 2. The maximum Gasteiger partial charge on any atom is 0.262 e. The maximum absolute atomic E-state index is 12.3. The predicted octanol–water partition coefficient (Wildman–Crippen LogP) is 3.73. The summed E-state index contributed by atoms with van der Waals surface area (Å²) in [7, 11) is 1.46. The Morgan fingerprint density at radius 2 is 1.82 bits per heavy atom. The molecule has 0 saturated heterocycles. The van der Waals surface area contributed by atoms with Crippen LogP contribution < -0.4 is 24.3 Å². The minimum atomic E-state index is -0.408. The van der Waals surface area contributed by atoms with E-state index < -0.39 is 5.91 Å². The molecule has 0 spiro atoms. The number of fused-ring (bicyclic) bond motifs is 1. The Balaban J connectivity index is 1.66. The smallest absolute Gasteiger partial charge is 0.262 e. The highest BCUT2D eigenvalue weighted by Gasteiger charge is 2.16. The molecule has 0 saturated carbocycles. The van der Waals surface area contributed by atoms with Crippen molar-refractivity contribution in [2.24, 2.45) is 0 Å². The van der Waals surface area contributed by atoms with Crippen molar-refractivity contribution in [3.63, 3.8) is 0 Å². The van der Waals surface area contributed by atoms with E-state index in [1.807, 2.05) is 0 Å². The van der Waals surface area contributed by atoms with Crippen LogP contribution in [0.2, 0.25) is 5.02 Å². The zero-order valence-electron chi connectivity index (χ0n) is 15.5. The Bertz CT molecular complexity index is 899. The van der Waals surface area contributed by atoms with Gasteiger partial charge in [-0.1, -0.05) is 11.6 Å². The van der Waals surface area contributed by atoms with E-state index in [9.17, 15) is 9.59 Å². The highest BCUT2D eigenvalue weighted by atomic mass is 35.5. The molecule has 1 aliphatic rings. The van der Waals surface area contributed by atoms with Crippen molar-refractivity contribution in [2.75, 3.05) is 32.2 Å². The third kappa shape index (κ3) is 4.67. The van der Waals surface area contributed by atoms with Crippen LogP contribution in [0.3, 0.4) is 0 Å². The molecule has 0 bridgehead atoms. The van der Waals surface area contributed by atoms with Gasteiger partial charge in [0.1, 0.15) is 0 Å². The van der Waals surface area contributed by atoms with Crippen molar-refractivity contribution in [2.45, 2.75) is 13.3 Å². The van der Waals surface area contributed by atoms with E-state index >= 15 is 0 Å². The van der Waals surface area contributed by atoms with Gasteiger partial charge in [-0.3, -0.25) is 9.59 Å². The normalized spacial score (nSPS) is 12.7. The van der Waals surface area contributed by atoms with Gasteiger partial charge in [-0.15, -0.1) is 0 Å². The Labute approximate surface area is 167 Å². The highest BCUT2D eigenvalue weighted by molar-refractivity contribution is 6.34. The lowest BCUT2D eigenvalue weighted by Crippen LogP contribution is -2.20. The minimum Gasteiger partial charge on any atom is -0.493 e. The summed E-state index contributed by atoms with van der Waals surface area (Å²) in [5.41, 5.74) is 0.894. The van der Waals surface area contributed by atoms with E-state index in [1.54, 1.807) is 30.3 Å². The standard InChI is InChI=1S/C20H20ClNO6/c1-12(23)13-4-5-16(17(8-13)25-2)28-11-20(24)22-15-10-19-18(9-14(15)21)26-6-3-7-27-19/h4-5,8-10H,3,6-7,11H2,1-2H3,(H,22,24). The summed E-state index contributed by atoms with van der Waals surface area (Å²) in [6, 6.07) is 8.00. The van der Waals surface area contributed by atoms with Crippen LogP contribution in [0.1, 0.15) is 23.7 Å². The number of amides is 1. The Kier molecular flexibility index (Phi) is 6.26. The molecular formula is C20H20ClNO6. The number of ether oxygens (including phenoxy) is 4. The first kappa shape index (κ1) is 19.8. The monoisotopic (exact) mass is 405 g/mol.